The molecule has 1 atom stereocenters. The van der Waals surface area contributed by atoms with Crippen LogP contribution in [0, 0.1) is 6.92 Å². The van der Waals surface area contributed by atoms with Crippen LogP contribution in [0.4, 0.5) is 0 Å². The highest BCUT2D eigenvalue weighted by Gasteiger charge is 2.30. The van der Waals surface area contributed by atoms with Gasteiger partial charge in [-0.25, -0.2) is 0 Å². The van der Waals surface area contributed by atoms with Crippen LogP contribution in [0.3, 0.4) is 0 Å². The van der Waals surface area contributed by atoms with E-state index in [2.05, 4.69) is 15.0 Å². The minimum atomic E-state index is -0.683. The normalized spacial score (nSPS) is 16.6. The van der Waals surface area contributed by atoms with Gasteiger partial charge in [0.1, 0.15) is 11.5 Å². The smallest absolute Gasteiger partial charge is 0.257 e. The van der Waals surface area contributed by atoms with E-state index in [1.54, 1.807) is 14.2 Å². The number of aliphatic hydroxyl groups excluding tert-OH is 1. The number of ether oxygens (including phenoxy) is 2. The Labute approximate surface area is 163 Å². The number of benzene rings is 2. The van der Waals surface area contributed by atoms with Gasteiger partial charge in [-0.2, -0.15) is 4.98 Å². The van der Waals surface area contributed by atoms with E-state index >= 15 is 0 Å². The molecule has 0 spiro atoms. The molecule has 4 rings (SSSR count). The van der Waals surface area contributed by atoms with Crippen LogP contribution in [0.15, 0.2) is 40.9 Å². The Morgan fingerprint density at radius 1 is 1.18 bits per heavy atom. The fourth-order valence-electron chi connectivity index (χ4n) is 3.68. The van der Waals surface area contributed by atoms with Crippen LogP contribution in [-0.4, -0.2) is 40.9 Å². The lowest BCUT2D eigenvalue weighted by Crippen LogP contribution is -2.34. The van der Waals surface area contributed by atoms with Crippen LogP contribution >= 0.6 is 0 Å². The Morgan fingerprint density at radius 2 is 1.96 bits per heavy atom. The summed E-state index contributed by atoms with van der Waals surface area (Å²) < 4.78 is 16.3. The first-order chi connectivity index (χ1) is 13.6. The third-order valence-corrected chi connectivity index (χ3v) is 4.96. The number of aryl methyl sites for hydroxylation is 1. The maximum absolute atomic E-state index is 10.7. The molecule has 28 heavy (non-hydrogen) atoms. The summed E-state index contributed by atoms with van der Waals surface area (Å²) >= 11 is 0. The van der Waals surface area contributed by atoms with Crippen LogP contribution in [0.5, 0.6) is 11.5 Å². The van der Waals surface area contributed by atoms with E-state index in [4.69, 9.17) is 14.0 Å². The third kappa shape index (κ3) is 3.46. The minimum absolute atomic E-state index is 0.449. The van der Waals surface area contributed by atoms with Crippen molar-refractivity contribution in [2.24, 2.45) is 0 Å². The molecule has 0 bridgehead atoms. The summed E-state index contributed by atoms with van der Waals surface area (Å²) in [6.45, 7) is 3.53. The Morgan fingerprint density at radius 3 is 2.71 bits per heavy atom. The van der Waals surface area contributed by atoms with Gasteiger partial charge < -0.3 is 19.1 Å². The van der Waals surface area contributed by atoms with E-state index in [9.17, 15) is 5.11 Å². The SMILES string of the molecule is COc1ccc(OC)c2c1CN(Cc1noc(-c3cccc(C)c3)n1)C[C@H]2O. The Balaban J connectivity index is 1.56. The molecule has 2 heterocycles. The maximum Gasteiger partial charge on any atom is 0.257 e. The van der Waals surface area contributed by atoms with E-state index < -0.39 is 6.10 Å². The number of β-amino-alcohol motifs (C(OH)–C–C–N with tert-alkyl or cyclic N) is 1. The molecular weight excluding hydrogens is 358 g/mol. The summed E-state index contributed by atoms with van der Waals surface area (Å²) in [4.78, 5) is 6.59. The number of rotatable bonds is 5. The van der Waals surface area contributed by atoms with Gasteiger partial charge in [-0.05, 0) is 31.2 Å². The fourth-order valence-corrected chi connectivity index (χ4v) is 3.68. The fraction of sp³-hybridized carbons (Fsp3) is 0.333. The second-order valence-corrected chi connectivity index (χ2v) is 6.93. The number of nitrogens with zero attached hydrogens (tertiary/aromatic N) is 3. The van der Waals surface area contributed by atoms with E-state index in [1.165, 1.54) is 0 Å². The van der Waals surface area contributed by atoms with Crippen LogP contribution in [0.2, 0.25) is 0 Å². The van der Waals surface area contributed by atoms with Gasteiger partial charge in [-0.1, -0.05) is 22.9 Å². The van der Waals surface area contributed by atoms with Gasteiger partial charge in [0.05, 0.1) is 26.9 Å². The zero-order chi connectivity index (χ0) is 19.7. The molecule has 1 aromatic heterocycles. The highest BCUT2D eigenvalue weighted by atomic mass is 16.5. The second kappa shape index (κ2) is 7.61. The zero-order valence-corrected chi connectivity index (χ0v) is 16.2. The Kier molecular flexibility index (Phi) is 5.02. The highest BCUT2D eigenvalue weighted by Crippen LogP contribution is 2.39. The molecule has 146 valence electrons. The predicted octanol–water partition coefficient (Wildman–Crippen LogP) is 3.11. The summed E-state index contributed by atoms with van der Waals surface area (Å²) in [6.07, 6.45) is -0.683. The van der Waals surface area contributed by atoms with Crippen molar-refractivity contribution in [1.82, 2.24) is 15.0 Å². The average molecular weight is 381 g/mol. The van der Waals surface area contributed by atoms with Crippen LogP contribution in [-0.2, 0) is 13.1 Å². The van der Waals surface area contributed by atoms with Crippen molar-refractivity contribution >= 4 is 0 Å². The molecular formula is C21H23N3O4. The number of fused-ring (bicyclic) bond motifs is 1. The van der Waals surface area contributed by atoms with Gasteiger partial charge in [0.2, 0.25) is 0 Å². The standard InChI is InChI=1S/C21H23N3O4/c1-13-5-4-6-14(9-13)21-22-19(23-28-21)12-24-10-15-17(26-2)7-8-18(27-3)20(15)16(25)11-24/h4-9,16,25H,10-12H2,1-3H3/t16-/m1/s1. The summed E-state index contributed by atoms with van der Waals surface area (Å²) in [7, 11) is 3.23. The van der Waals surface area contributed by atoms with Gasteiger partial charge >= 0.3 is 0 Å². The molecule has 1 aliphatic rings. The van der Waals surface area contributed by atoms with Gasteiger partial charge in [0.25, 0.3) is 5.89 Å². The van der Waals surface area contributed by atoms with E-state index in [-0.39, 0.29) is 0 Å². The van der Waals surface area contributed by atoms with Crippen molar-refractivity contribution in [3.8, 4) is 23.0 Å². The molecule has 1 N–H and O–H groups in total. The molecule has 0 radical (unpaired) electrons. The Hall–Kier alpha value is -2.90. The first-order valence-corrected chi connectivity index (χ1v) is 9.13. The number of methoxy groups -OCH3 is 2. The molecule has 3 aromatic rings. The molecule has 7 heteroatoms. The predicted molar refractivity (Wildman–Crippen MR) is 103 cm³/mol. The topological polar surface area (TPSA) is 80.9 Å². The van der Waals surface area contributed by atoms with Gasteiger partial charge in [0, 0.05) is 29.8 Å². The van der Waals surface area contributed by atoms with Gasteiger partial charge in [-0.15, -0.1) is 0 Å². The molecule has 0 fully saturated rings. The first kappa shape index (κ1) is 18.5. The lowest BCUT2D eigenvalue weighted by molar-refractivity contribution is 0.0823. The summed E-state index contributed by atoms with van der Waals surface area (Å²) in [5.74, 6) is 2.47. The van der Waals surface area contributed by atoms with Crippen molar-refractivity contribution in [2.75, 3.05) is 20.8 Å². The highest BCUT2D eigenvalue weighted by molar-refractivity contribution is 5.54. The molecule has 0 aliphatic carbocycles. The molecule has 0 amide bonds. The minimum Gasteiger partial charge on any atom is -0.496 e. The van der Waals surface area contributed by atoms with Crippen molar-refractivity contribution in [1.29, 1.82) is 0 Å². The van der Waals surface area contributed by atoms with E-state index in [1.807, 2.05) is 43.3 Å². The first-order valence-electron chi connectivity index (χ1n) is 9.13. The lowest BCUT2D eigenvalue weighted by atomic mass is 9.95. The van der Waals surface area contributed by atoms with Gasteiger partial charge in [0.15, 0.2) is 5.82 Å². The molecule has 2 aromatic carbocycles. The largest absolute Gasteiger partial charge is 0.496 e. The molecule has 7 nitrogen and oxygen atoms in total. The van der Waals surface area contributed by atoms with E-state index in [0.717, 1.165) is 28.0 Å². The van der Waals surface area contributed by atoms with Crippen molar-refractivity contribution in [2.45, 2.75) is 26.1 Å². The number of hydrogen-bond acceptors (Lipinski definition) is 7. The van der Waals surface area contributed by atoms with Crippen LogP contribution in [0.25, 0.3) is 11.5 Å². The van der Waals surface area contributed by atoms with E-state index in [0.29, 0.717) is 37.1 Å². The quantitative estimate of drug-likeness (QED) is 0.727. The summed E-state index contributed by atoms with van der Waals surface area (Å²) in [5.41, 5.74) is 3.73. The number of aliphatic hydroxyl groups is 1. The Bertz CT molecular complexity index is 986. The zero-order valence-electron chi connectivity index (χ0n) is 16.2. The average Bonchev–Trinajstić information content (AvgIpc) is 3.15. The van der Waals surface area contributed by atoms with Gasteiger partial charge in [-0.3, -0.25) is 4.90 Å². The molecule has 0 saturated heterocycles. The second-order valence-electron chi connectivity index (χ2n) is 6.93. The monoisotopic (exact) mass is 381 g/mol. The number of aromatic nitrogens is 2. The third-order valence-electron chi connectivity index (χ3n) is 4.96. The van der Waals surface area contributed by atoms with Crippen molar-refractivity contribution in [3.05, 3.63) is 58.9 Å². The lowest BCUT2D eigenvalue weighted by Gasteiger charge is -2.33. The van der Waals surface area contributed by atoms with Crippen LogP contribution in [0.1, 0.15) is 28.6 Å². The number of hydrogen-bond donors (Lipinski definition) is 1. The summed E-state index contributed by atoms with van der Waals surface area (Å²) in [6, 6.07) is 11.6. The molecule has 0 saturated carbocycles. The molecule has 1 aliphatic heterocycles. The maximum atomic E-state index is 10.7. The summed E-state index contributed by atoms with van der Waals surface area (Å²) in [5, 5.41) is 14.8. The molecule has 0 unspecified atom stereocenters. The van der Waals surface area contributed by atoms with Crippen molar-refractivity contribution < 1.29 is 19.1 Å². The van der Waals surface area contributed by atoms with Crippen LogP contribution < -0.4 is 9.47 Å². The van der Waals surface area contributed by atoms with Crippen molar-refractivity contribution in [3.63, 3.8) is 0 Å².